The Balaban J connectivity index is 2.51. The number of halogens is 1. The van der Waals surface area contributed by atoms with Crippen molar-refractivity contribution >= 4 is 22.2 Å². The summed E-state index contributed by atoms with van der Waals surface area (Å²) in [5.74, 6) is 0. The van der Waals surface area contributed by atoms with Gasteiger partial charge in [0, 0.05) is 10.0 Å². The summed E-state index contributed by atoms with van der Waals surface area (Å²) in [6.07, 6.45) is 3.86. The van der Waals surface area contributed by atoms with Crippen LogP contribution in [0.25, 0.3) is 5.69 Å². The molecule has 5 heteroatoms. The first-order valence-corrected chi connectivity index (χ1v) is 4.70. The lowest BCUT2D eigenvalue weighted by molar-refractivity contribution is 0.112. The number of carbonyl (C=O) groups excluding carboxylic acids is 1. The minimum absolute atomic E-state index is 0.626. The molecule has 2 rings (SSSR count). The lowest BCUT2D eigenvalue weighted by atomic mass is 10.2. The van der Waals surface area contributed by atoms with Crippen LogP contribution in [0, 0.1) is 0 Å². The molecule has 0 N–H and O–H groups in total. The Kier molecular flexibility index (Phi) is 2.41. The van der Waals surface area contributed by atoms with Gasteiger partial charge < -0.3 is 0 Å². The van der Waals surface area contributed by atoms with Crippen LogP contribution in [-0.4, -0.2) is 21.1 Å². The number of aromatic nitrogens is 3. The molecule has 1 heterocycles. The molecule has 0 aliphatic rings. The van der Waals surface area contributed by atoms with Crippen LogP contribution in [0.3, 0.4) is 0 Å². The molecular weight excluding hydrogens is 246 g/mol. The fourth-order valence-electron chi connectivity index (χ4n) is 1.11. The molecule has 0 aliphatic carbocycles. The maximum atomic E-state index is 10.5. The molecule has 0 bridgehead atoms. The lowest BCUT2D eigenvalue weighted by Gasteiger charge is -2.03. The second-order valence-corrected chi connectivity index (χ2v) is 3.52. The maximum absolute atomic E-state index is 10.5. The predicted octanol–water partition coefficient (Wildman–Crippen LogP) is 1.84. The highest BCUT2D eigenvalue weighted by Gasteiger charge is 2.03. The quantitative estimate of drug-likeness (QED) is 0.766. The summed E-state index contributed by atoms with van der Waals surface area (Å²) in [5.41, 5.74) is 1.48. The third-order valence-electron chi connectivity index (χ3n) is 1.77. The van der Waals surface area contributed by atoms with Crippen molar-refractivity contribution in [2.24, 2.45) is 0 Å². The smallest absolute Gasteiger partial charge is 0.150 e. The molecule has 70 valence electrons. The van der Waals surface area contributed by atoms with Gasteiger partial charge in [-0.05, 0) is 34.1 Å². The van der Waals surface area contributed by atoms with E-state index in [1.807, 2.05) is 6.07 Å². The minimum atomic E-state index is 0.626. The van der Waals surface area contributed by atoms with Gasteiger partial charge in [-0.2, -0.15) is 5.10 Å². The van der Waals surface area contributed by atoms with Gasteiger partial charge in [-0.15, -0.1) is 0 Å². The van der Waals surface area contributed by atoms with E-state index in [0.29, 0.717) is 5.56 Å². The normalized spacial score (nSPS) is 10.1. The standard InChI is InChI=1S/C9H6BrN3O/c10-8-3-7(4-14)1-2-9(8)13-6-11-5-12-13/h1-6H. The van der Waals surface area contributed by atoms with Crippen molar-refractivity contribution in [1.29, 1.82) is 0 Å². The van der Waals surface area contributed by atoms with Crippen LogP contribution in [0.15, 0.2) is 35.3 Å². The Morgan fingerprint density at radius 1 is 1.43 bits per heavy atom. The Labute approximate surface area is 88.7 Å². The molecule has 0 spiro atoms. The maximum Gasteiger partial charge on any atom is 0.150 e. The number of hydrogen-bond donors (Lipinski definition) is 0. The molecule has 0 amide bonds. The number of hydrogen-bond acceptors (Lipinski definition) is 3. The van der Waals surface area contributed by atoms with Crippen LogP contribution < -0.4 is 0 Å². The Hall–Kier alpha value is -1.49. The molecule has 4 nitrogen and oxygen atoms in total. The predicted molar refractivity (Wildman–Crippen MR) is 54.4 cm³/mol. The zero-order valence-corrected chi connectivity index (χ0v) is 8.68. The van der Waals surface area contributed by atoms with E-state index in [1.54, 1.807) is 23.1 Å². The summed E-state index contributed by atoms with van der Waals surface area (Å²) >= 11 is 3.36. The average molecular weight is 252 g/mol. The topological polar surface area (TPSA) is 47.8 Å². The van der Waals surface area contributed by atoms with Gasteiger partial charge in [0.05, 0.1) is 5.69 Å². The summed E-state index contributed by atoms with van der Waals surface area (Å²) in [4.78, 5) is 14.3. The van der Waals surface area contributed by atoms with Crippen LogP contribution in [0.4, 0.5) is 0 Å². The molecule has 0 unspecified atom stereocenters. The zero-order valence-electron chi connectivity index (χ0n) is 7.09. The van der Waals surface area contributed by atoms with Crippen molar-refractivity contribution in [3.05, 3.63) is 40.9 Å². The van der Waals surface area contributed by atoms with Gasteiger partial charge in [-0.3, -0.25) is 4.79 Å². The summed E-state index contributed by atoms with van der Waals surface area (Å²) in [6, 6.07) is 5.28. The number of benzene rings is 1. The Morgan fingerprint density at radius 2 is 2.29 bits per heavy atom. The monoisotopic (exact) mass is 251 g/mol. The van der Waals surface area contributed by atoms with Crippen LogP contribution in [-0.2, 0) is 0 Å². The summed E-state index contributed by atoms with van der Waals surface area (Å²) < 4.78 is 2.44. The Bertz CT molecular complexity index is 453. The molecule has 0 aliphatic heterocycles. The van der Waals surface area contributed by atoms with Crippen molar-refractivity contribution < 1.29 is 4.79 Å². The fourth-order valence-corrected chi connectivity index (χ4v) is 1.69. The molecule has 2 aromatic rings. The molecule has 0 saturated carbocycles. The van der Waals surface area contributed by atoms with Gasteiger partial charge in [-0.1, -0.05) is 0 Å². The van der Waals surface area contributed by atoms with Crippen LogP contribution in [0.2, 0.25) is 0 Å². The van der Waals surface area contributed by atoms with E-state index >= 15 is 0 Å². The van der Waals surface area contributed by atoms with Crippen molar-refractivity contribution in [2.75, 3.05) is 0 Å². The number of carbonyl (C=O) groups is 1. The Morgan fingerprint density at radius 3 is 2.86 bits per heavy atom. The fraction of sp³-hybridized carbons (Fsp3) is 0. The number of aldehydes is 1. The first-order valence-electron chi connectivity index (χ1n) is 3.91. The van der Waals surface area contributed by atoms with E-state index in [2.05, 4.69) is 26.0 Å². The van der Waals surface area contributed by atoms with Gasteiger partial charge in [-0.25, -0.2) is 9.67 Å². The van der Waals surface area contributed by atoms with E-state index in [0.717, 1.165) is 16.4 Å². The molecule has 0 fully saturated rings. The molecule has 0 saturated heterocycles. The molecule has 0 atom stereocenters. The number of nitrogens with zero attached hydrogens (tertiary/aromatic N) is 3. The van der Waals surface area contributed by atoms with Gasteiger partial charge in [0.15, 0.2) is 0 Å². The van der Waals surface area contributed by atoms with Gasteiger partial charge in [0.25, 0.3) is 0 Å². The van der Waals surface area contributed by atoms with Gasteiger partial charge in [0.1, 0.15) is 18.9 Å². The average Bonchev–Trinajstić information content (AvgIpc) is 2.70. The number of rotatable bonds is 2. The van der Waals surface area contributed by atoms with E-state index in [4.69, 9.17) is 0 Å². The van der Waals surface area contributed by atoms with Crippen LogP contribution >= 0.6 is 15.9 Å². The third-order valence-corrected chi connectivity index (χ3v) is 2.41. The van der Waals surface area contributed by atoms with E-state index in [9.17, 15) is 4.79 Å². The highest BCUT2D eigenvalue weighted by atomic mass is 79.9. The first kappa shape index (κ1) is 9.08. The summed E-state index contributed by atoms with van der Waals surface area (Å²) in [7, 11) is 0. The SMILES string of the molecule is O=Cc1ccc(-n2cncn2)c(Br)c1. The molecule has 0 radical (unpaired) electrons. The third kappa shape index (κ3) is 1.58. The highest BCUT2D eigenvalue weighted by molar-refractivity contribution is 9.10. The largest absolute Gasteiger partial charge is 0.298 e. The van der Waals surface area contributed by atoms with E-state index in [-0.39, 0.29) is 0 Å². The molecule has 1 aromatic heterocycles. The van der Waals surface area contributed by atoms with Gasteiger partial charge >= 0.3 is 0 Å². The molecular formula is C9H6BrN3O. The second-order valence-electron chi connectivity index (χ2n) is 2.67. The van der Waals surface area contributed by atoms with E-state index < -0.39 is 0 Å². The highest BCUT2D eigenvalue weighted by Crippen LogP contribution is 2.20. The minimum Gasteiger partial charge on any atom is -0.298 e. The first-order chi connectivity index (χ1) is 6.81. The second kappa shape index (κ2) is 3.71. The zero-order chi connectivity index (χ0) is 9.97. The van der Waals surface area contributed by atoms with Crippen LogP contribution in [0.1, 0.15) is 10.4 Å². The van der Waals surface area contributed by atoms with Crippen LogP contribution in [0.5, 0.6) is 0 Å². The van der Waals surface area contributed by atoms with Crippen molar-refractivity contribution in [3.63, 3.8) is 0 Å². The van der Waals surface area contributed by atoms with Crippen molar-refractivity contribution in [2.45, 2.75) is 0 Å². The molecule has 1 aromatic carbocycles. The summed E-state index contributed by atoms with van der Waals surface area (Å²) in [5, 5.41) is 3.99. The van der Waals surface area contributed by atoms with Crippen molar-refractivity contribution in [1.82, 2.24) is 14.8 Å². The molecule has 14 heavy (non-hydrogen) atoms. The lowest BCUT2D eigenvalue weighted by Crippen LogP contribution is -1.96. The van der Waals surface area contributed by atoms with E-state index in [1.165, 1.54) is 6.33 Å². The van der Waals surface area contributed by atoms with Crippen molar-refractivity contribution in [3.8, 4) is 5.69 Å². The van der Waals surface area contributed by atoms with Gasteiger partial charge in [0.2, 0.25) is 0 Å². The summed E-state index contributed by atoms with van der Waals surface area (Å²) in [6.45, 7) is 0.